The molecule has 0 unspecified atom stereocenters. The minimum Gasteiger partial charge on any atom is -0.299 e. The predicted molar refractivity (Wildman–Crippen MR) is 232 cm³/mol. The van der Waals surface area contributed by atoms with Crippen LogP contribution in [0.2, 0.25) is 0 Å². The van der Waals surface area contributed by atoms with Gasteiger partial charge in [0.25, 0.3) is 0 Å². The minimum atomic E-state index is -0.466. The quantitative estimate of drug-likeness (QED) is 0.176. The average molecular weight is 740 g/mol. The van der Waals surface area contributed by atoms with Crippen molar-refractivity contribution in [1.29, 1.82) is 0 Å². The third-order valence-electron chi connectivity index (χ3n) is 11.9. The maximum Gasteiger partial charge on any atom is 0.164 e. The van der Waals surface area contributed by atoms with E-state index in [0.717, 1.165) is 44.9 Å². The van der Waals surface area contributed by atoms with Gasteiger partial charge < -0.3 is 0 Å². The van der Waals surface area contributed by atoms with Gasteiger partial charge in [-0.3, -0.25) is 4.40 Å². The number of hydrogen-bond acceptors (Lipinski definition) is 4. The Bertz CT molecular complexity index is 3170. The number of aromatic nitrogens is 5. The Hall–Kier alpha value is -7.76. The summed E-state index contributed by atoms with van der Waals surface area (Å²) in [6.07, 6.45) is 2.07. The highest BCUT2D eigenvalue weighted by atomic mass is 15.0. The molecule has 2 aliphatic rings. The van der Waals surface area contributed by atoms with Gasteiger partial charge in [0.2, 0.25) is 0 Å². The van der Waals surface area contributed by atoms with Crippen LogP contribution in [0, 0.1) is 0 Å². The van der Waals surface area contributed by atoms with Crippen LogP contribution in [-0.4, -0.2) is 24.3 Å². The van der Waals surface area contributed by atoms with Crippen molar-refractivity contribution in [2.24, 2.45) is 0 Å². The van der Waals surface area contributed by atoms with E-state index in [9.17, 15) is 0 Å². The first-order chi connectivity index (χ1) is 28.8. The van der Waals surface area contributed by atoms with Crippen LogP contribution in [0.3, 0.4) is 0 Å². The van der Waals surface area contributed by atoms with Gasteiger partial charge in [-0.1, -0.05) is 170 Å². The highest BCUT2D eigenvalue weighted by Crippen LogP contribution is 2.63. The van der Waals surface area contributed by atoms with Crippen LogP contribution in [0.25, 0.3) is 84.6 Å². The molecule has 0 saturated heterocycles. The Labute approximate surface area is 335 Å². The van der Waals surface area contributed by atoms with Crippen molar-refractivity contribution in [1.82, 2.24) is 24.3 Å². The van der Waals surface area contributed by atoms with Crippen molar-refractivity contribution < 1.29 is 0 Å². The molecule has 0 aliphatic heterocycles. The molecule has 0 bridgehead atoms. The zero-order valence-electron chi connectivity index (χ0n) is 31.3. The zero-order chi connectivity index (χ0) is 38.2. The molecule has 12 rings (SSSR count). The second kappa shape index (κ2) is 12.6. The van der Waals surface area contributed by atoms with Crippen LogP contribution in [0.15, 0.2) is 200 Å². The van der Waals surface area contributed by atoms with Gasteiger partial charge >= 0.3 is 0 Å². The molecule has 0 saturated carbocycles. The summed E-state index contributed by atoms with van der Waals surface area (Å²) >= 11 is 0. The van der Waals surface area contributed by atoms with Gasteiger partial charge in [0, 0.05) is 34.0 Å². The molecule has 2 aliphatic carbocycles. The van der Waals surface area contributed by atoms with Crippen molar-refractivity contribution in [2.45, 2.75) is 5.41 Å². The molecule has 0 N–H and O–H groups in total. The lowest BCUT2D eigenvalue weighted by Gasteiger charge is -2.30. The molecular formula is C53H33N5. The van der Waals surface area contributed by atoms with Crippen LogP contribution in [0.1, 0.15) is 22.3 Å². The molecule has 0 radical (unpaired) electrons. The standard InChI is InChI=1S/C53H33N5/c1-3-16-34(17-4-1)48-49(58-31-14-13-28-47(58)54-48)36-20-15-21-37(32-36)51-55-50(35-18-5-2-6-19-35)56-52(57-51)38-29-30-42-41-24-9-12-27-45(41)53(46(42)33-38)43-25-10-7-22-39(43)40-23-8-11-26-44(40)53/h1-33H. The Balaban J connectivity index is 1.06. The van der Waals surface area contributed by atoms with E-state index in [-0.39, 0.29) is 0 Å². The summed E-state index contributed by atoms with van der Waals surface area (Å²) in [6, 6.07) is 68.6. The SMILES string of the molecule is c1ccc(-c2nc(-c3cccc(-c4c(-c5ccccc5)nc5ccccn45)c3)nc(-c3ccc4c(c3)C3(c5ccccc5-c5ccccc53)c3ccccc3-4)n2)cc1. The largest absolute Gasteiger partial charge is 0.299 e. The third kappa shape index (κ3) is 4.71. The molecule has 7 aromatic carbocycles. The molecule has 0 atom stereocenters. The molecule has 0 amide bonds. The van der Waals surface area contributed by atoms with E-state index in [1.165, 1.54) is 44.5 Å². The van der Waals surface area contributed by atoms with E-state index in [4.69, 9.17) is 19.9 Å². The van der Waals surface area contributed by atoms with E-state index >= 15 is 0 Å². The molecule has 5 nitrogen and oxygen atoms in total. The Kier molecular flexibility index (Phi) is 7.07. The summed E-state index contributed by atoms with van der Waals surface area (Å²) in [4.78, 5) is 20.8. The number of nitrogens with zero attached hydrogens (tertiary/aromatic N) is 5. The Morgan fingerprint density at radius 1 is 0.328 bits per heavy atom. The molecule has 1 spiro atoms. The first-order valence-electron chi connectivity index (χ1n) is 19.6. The van der Waals surface area contributed by atoms with Crippen LogP contribution in [-0.2, 0) is 5.41 Å². The molecule has 5 heteroatoms. The Morgan fingerprint density at radius 2 is 0.810 bits per heavy atom. The van der Waals surface area contributed by atoms with Crippen molar-refractivity contribution >= 4 is 5.65 Å². The summed E-state index contributed by atoms with van der Waals surface area (Å²) < 4.78 is 2.16. The lowest BCUT2D eigenvalue weighted by Crippen LogP contribution is -2.25. The predicted octanol–water partition coefficient (Wildman–Crippen LogP) is 12.2. The number of imidazole rings is 1. The average Bonchev–Trinajstić information content (AvgIpc) is 3.94. The molecule has 3 heterocycles. The normalized spacial score (nSPS) is 13.0. The summed E-state index contributed by atoms with van der Waals surface area (Å²) in [6.45, 7) is 0. The van der Waals surface area contributed by atoms with Crippen molar-refractivity contribution in [3.8, 4) is 78.9 Å². The van der Waals surface area contributed by atoms with Crippen molar-refractivity contribution in [3.05, 3.63) is 223 Å². The molecule has 10 aromatic rings. The monoisotopic (exact) mass is 739 g/mol. The minimum absolute atomic E-state index is 0.466. The lowest BCUT2D eigenvalue weighted by atomic mass is 9.70. The van der Waals surface area contributed by atoms with Gasteiger partial charge in [-0.05, 0) is 68.8 Å². The zero-order valence-corrected chi connectivity index (χ0v) is 31.3. The second-order valence-corrected chi connectivity index (χ2v) is 15.0. The van der Waals surface area contributed by atoms with E-state index in [1.54, 1.807) is 0 Å². The van der Waals surface area contributed by atoms with Crippen molar-refractivity contribution in [3.63, 3.8) is 0 Å². The topological polar surface area (TPSA) is 56.0 Å². The number of fused-ring (bicyclic) bond motifs is 11. The van der Waals surface area contributed by atoms with Crippen LogP contribution in [0.4, 0.5) is 0 Å². The molecule has 270 valence electrons. The number of pyridine rings is 1. The summed E-state index contributed by atoms with van der Waals surface area (Å²) in [7, 11) is 0. The maximum absolute atomic E-state index is 5.30. The fourth-order valence-electron chi connectivity index (χ4n) is 9.46. The van der Waals surface area contributed by atoms with Crippen molar-refractivity contribution in [2.75, 3.05) is 0 Å². The fraction of sp³-hybridized carbons (Fsp3) is 0.0189. The smallest absolute Gasteiger partial charge is 0.164 e. The summed E-state index contributed by atoms with van der Waals surface area (Å²) in [5.74, 6) is 1.86. The molecule has 0 fully saturated rings. The fourth-order valence-corrected chi connectivity index (χ4v) is 9.46. The molecule has 58 heavy (non-hydrogen) atoms. The van der Waals surface area contributed by atoms with E-state index in [2.05, 4.69) is 162 Å². The van der Waals surface area contributed by atoms with Gasteiger partial charge in [0.05, 0.1) is 16.8 Å². The lowest BCUT2D eigenvalue weighted by molar-refractivity contribution is 0.794. The summed E-state index contributed by atoms with van der Waals surface area (Å²) in [5.41, 5.74) is 17.4. The van der Waals surface area contributed by atoms with Gasteiger partial charge in [-0.25, -0.2) is 19.9 Å². The van der Waals surface area contributed by atoms with E-state index < -0.39 is 5.41 Å². The van der Waals surface area contributed by atoms with Crippen LogP contribution < -0.4 is 0 Å². The Morgan fingerprint density at radius 3 is 1.45 bits per heavy atom. The van der Waals surface area contributed by atoms with Gasteiger partial charge in [0.15, 0.2) is 17.5 Å². The van der Waals surface area contributed by atoms with E-state index in [0.29, 0.717) is 17.5 Å². The number of benzene rings is 7. The number of rotatable bonds is 5. The summed E-state index contributed by atoms with van der Waals surface area (Å²) in [5, 5.41) is 0. The first-order valence-corrected chi connectivity index (χ1v) is 19.6. The van der Waals surface area contributed by atoms with Gasteiger partial charge in [0.1, 0.15) is 5.65 Å². The second-order valence-electron chi connectivity index (χ2n) is 15.0. The highest BCUT2D eigenvalue weighted by Gasteiger charge is 2.51. The molecule has 3 aromatic heterocycles. The molecular weight excluding hydrogens is 707 g/mol. The van der Waals surface area contributed by atoms with Gasteiger partial charge in [-0.2, -0.15) is 0 Å². The van der Waals surface area contributed by atoms with Crippen LogP contribution >= 0.6 is 0 Å². The number of hydrogen-bond donors (Lipinski definition) is 0. The van der Waals surface area contributed by atoms with E-state index in [1.807, 2.05) is 42.5 Å². The maximum atomic E-state index is 5.30. The van der Waals surface area contributed by atoms with Gasteiger partial charge in [-0.15, -0.1) is 0 Å². The van der Waals surface area contributed by atoms with Crippen LogP contribution in [0.5, 0.6) is 0 Å². The highest BCUT2D eigenvalue weighted by molar-refractivity contribution is 5.96. The third-order valence-corrected chi connectivity index (χ3v) is 11.9. The first kappa shape index (κ1) is 32.5.